The zero-order valence-electron chi connectivity index (χ0n) is 21.9. The summed E-state index contributed by atoms with van der Waals surface area (Å²) < 4.78 is 48.5. The molecule has 1 aliphatic heterocycles. The van der Waals surface area contributed by atoms with Gasteiger partial charge in [0.1, 0.15) is 34.4 Å². The molecule has 13 heteroatoms. The molecule has 0 aliphatic carbocycles. The van der Waals surface area contributed by atoms with Crippen LogP contribution in [0, 0.1) is 6.92 Å². The van der Waals surface area contributed by atoms with Gasteiger partial charge in [0.15, 0.2) is 0 Å². The number of nitrogens with one attached hydrogen (secondary N) is 1. The maximum Gasteiger partial charge on any atom is 0.243 e. The molecular formula is C25H32N6O6S. The molecule has 1 aliphatic rings. The van der Waals surface area contributed by atoms with Crippen molar-refractivity contribution in [2.24, 2.45) is 0 Å². The predicted molar refractivity (Wildman–Crippen MR) is 140 cm³/mol. The normalized spacial score (nSPS) is 17.4. The van der Waals surface area contributed by atoms with Gasteiger partial charge in [-0.3, -0.25) is 19.3 Å². The minimum absolute atomic E-state index is 0.121. The average molecular weight is 545 g/mol. The van der Waals surface area contributed by atoms with Gasteiger partial charge in [0.2, 0.25) is 16.0 Å². The Morgan fingerprint density at radius 2 is 1.97 bits per heavy atom. The van der Waals surface area contributed by atoms with Crippen LogP contribution < -0.4 is 9.46 Å². The lowest BCUT2D eigenvalue weighted by Gasteiger charge is -2.26. The van der Waals surface area contributed by atoms with Gasteiger partial charge >= 0.3 is 0 Å². The first-order valence-corrected chi connectivity index (χ1v) is 13.7. The Kier molecular flexibility index (Phi) is 8.29. The number of methoxy groups -OCH3 is 1. The lowest BCUT2D eigenvalue weighted by Crippen LogP contribution is -2.34. The SMILES string of the molecule is COc1cccc(O)c1-n1c(NS(=O)(=O)[C@@H](C)[C@@H](OC(C)C)c2cnc(C)cn2)nnc1[C@H]1C=CCOC1. The molecule has 0 unspecified atom stereocenters. The number of anilines is 1. The van der Waals surface area contributed by atoms with Crippen LogP contribution in [0.2, 0.25) is 0 Å². The van der Waals surface area contributed by atoms with Gasteiger partial charge in [-0.05, 0) is 39.8 Å². The standard InChI is InChI=1S/C25H32N6O6S/c1-15(2)37-23(19-13-26-16(3)12-27-19)17(4)38(33,34)30-25-29-28-24(18-8-7-11-36-14-18)31(25)22-20(32)9-6-10-21(22)35-5/h6-10,12-13,15,17-18,23,32H,11,14H2,1-5H3,(H,29,30)/t17-,18-,23+/m0/s1. The number of aromatic hydroxyl groups is 1. The molecule has 0 saturated heterocycles. The van der Waals surface area contributed by atoms with Crippen molar-refractivity contribution in [3.63, 3.8) is 0 Å². The molecule has 0 radical (unpaired) electrons. The quantitative estimate of drug-likeness (QED) is 0.365. The third-order valence-corrected chi connectivity index (χ3v) is 7.67. The molecule has 2 N–H and O–H groups in total. The molecule has 12 nitrogen and oxygen atoms in total. The number of ether oxygens (including phenoxy) is 3. The minimum atomic E-state index is -4.13. The highest BCUT2D eigenvalue weighted by Crippen LogP contribution is 2.37. The number of hydrogen-bond acceptors (Lipinski definition) is 10. The van der Waals surface area contributed by atoms with Crippen LogP contribution in [0.3, 0.4) is 0 Å². The van der Waals surface area contributed by atoms with Crippen LogP contribution in [-0.4, -0.2) is 69.9 Å². The van der Waals surface area contributed by atoms with Gasteiger partial charge in [0, 0.05) is 6.20 Å². The highest BCUT2D eigenvalue weighted by atomic mass is 32.2. The van der Waals surface area contributed by atoms with Crippen LogP contribution in [0.4, 0.5) is 5.95 Å². The van der Waals surface area contributed by atoms with Crippen LogP contribution in [0.15, 0.2) is 42.7 Å². The minimum Gasteiger partial charge on any atom is -0.506 e. The molecule has 0 spiro atoms. The van der Waals surface area contributed by atoms with Crippen molar-refractivity contribution in [2.45, 2.75) is 51.1 Å². The number of aryl methyl sites for hydroxylation is 1. The summed E-state index contributed by atoms with van der Waals surface area (Å²) in [5.74, 6) is 0.0669. The smallest absolute Gasteiger partial charge is 0.243 e. The zero-order valence-corrected chi connectivity index (χ0v) is 22.7. The van der Waals surface area contributed by atoms with E-state index in [0.717, 1.165) is 0 Å². The summed E-state index contributed by atoms with van der Waals surface area (Å²) in [4.78, 5) is 8.60. The van der Waals surface area contributed by atoms with Gasteiger partial charge in [0.05, 0.1) is 49.9 Å². The number of aromatic nitrogens is 5. The van der Waals surface area contributed by atoms with E-state index in [-0.39, 0.29) is 29.4 Å². The highest BCUT2D eigenvalue weighted by Gasteiger charge is 2.36. The van der Waals surface area contributed by atoms with Crippen LogP contribution >= 0.6 is 0 Å². The van der Waals surface area contributed by atoms with Crippen molar-refractivity contribution in [1.82, 2.24) is 24.7 Å². The molecular weight excluding hydrogens is 512 g/mol. The summed E-state index contributed by atoms with van der Waals surface area (Å²) in [6, 6.07) is 4.74. The van der Waals surface area contributed by atoms with Crippen molar-refractivity contribution < 1.29 is 27.7 Å². The van der Waals surface area contributed by atoms with Gasteiger partial charge in [-0.15, -0.1) is 10.2 Å². The number of phenolic OH excluding ortho intramolecular Hbond substituents is 1. The molecule has 0 bridgehead atoms. The summed E-state index contributed by atoms with van der Waals surface area (Å²) >= 11 is 0. The molecule has 204 valence electrons. The molecule has 0 fully saturated rings. The average Bonchev–Trinajstić information content (AvgIpc) is 3.29. The Balaban J connectivity index is 1.78. The van der Waals surface area contributed by atoms with Crippen molar-refractivity contribution in [3.05, 3.63) is 60.0 Å². The summed E-state index contributed by atoms with van der Waals surface area (Å²) in [5, 5.41) is 18.1. The van der Waals surface area contributed by atoms with Crippen molar-refractivity contribution in [1.29, 1.82) is 0 Å². The maximum atomic E-state index is 13.7. The Morgan fingerprint density at radius 1 is 1.18 bits per heavy atom. The second-order valence-electron chi connectivity index (χ2n) is 9.16. The van der Waals surface area contributed by atoms with Crippen molar-refractivity contribution >= 4 is 16.0 Å². The summed E-state index contributed by atoms with van der Waals surface area (Å²) in [5.41, 5.74) is 1.28. The van der Waals surface area contributed by atoms with E-state index in [1.54, 1.807) is 25.3 Å². The van der Waals surface area contributed by atoms with Gasteiger partial charge in [-0.25, -0.2) is 8.42 Å². The molecule has 2 aromatic heterocycles. The van der Waals surface area contributed by atoms with Crippen LogP contribution in [0.1, 0.15) is 50.0 Å². The van der Waals surface area contributed by atoms with E-state index in [1.807, 2.05) is 26.0 Å². The maximum absolute atomic E-state index is 13.7. The number of para-hydroxylation sites is 1. The first-order valence-electron chi connectivity index (χ1n) is 12.1. The van der Waals surface area contributed by atoms with E-state index in [1.165, 1.54) is 30.9 Å². The second kappa shape index (κ2) is 11.5. The summed E-state index contributed by atoms with van der Waals surface area (Å²) in [6.07, 6.45) is 5.63. The number of sulfonamides is 1. The van der Waals surface area contributed by atoms with Gasteiger partial charge in [-0.2, -0.15) is 0 Å². The van der Waals surface area contributed by atoms with Gasteiger partial charge in [-0.1, -0.05) is 18.2 Å². The van der Waals surface area contributed by atoms with E-state index in [2.05, 4.69) is 24.9 Å². The molecule has 3 atom stereocenters. The lowest BCUT2D eigenvalue weighted by molar-refractivity contribution is 0.00394. The number of hydrogen-bond donors (Lipinski definition) is 2. The largest absolute Gasteiger partial charge is 0.506 e. The van der Waals surface area contributed by atoms with E-state index in [4.69, 9.17) is 14.2 Å². The number of rotatable bonds is 10. The summed E-state index contributed by atoms with van der Waals surface area (Å²) in [7, 11) is -2.68. The molecule has 0 saturated carbocycles. The van der Waals surface area contributed by atoms with Crippen molar-refractivity contribution in [2.75, 3.05) is 25.0 Å². The van der Waals surface area contributed by atoms with Gasteiger partial charge in [0.25, 0.3) is 0 Å². The highest BCUT2D eigenvalue weighted by molar-refractivity contribution is 7.93. The first-order chi connectivity index (χ1) is 18.1. The van der Waals surface area contributed by atoms with Crippen LogP contribution in [0.25, 0.3) is 5.69 Å². The second-order valence-corrected chi connectivity index (χ2v) is 11.2. The monoisotopic (exact) mass is 544 g/mol. The predicted octanol–water partition coefficient (Wildman–Crippen LogP) is 3.05. The number of phenols is 1. The Bertz CT molecular complexity index is 1390. The number of benzene rings is 1. The molecule has 0 amide bonds. The van der Waals surface area contributed by atoms with Crippen molar-refractivity contribution in [3.8, 4) is 17.2 Å². The van der Waals surface area contributed by atoms with E-state index in [0.29, 0.717) is 36.2 Å². The fourth-order valence-corrected chi connectivity index (χ4v) is 5.17. The topological polar surface area (TPSA) is 151 Å². The van der Waals surface area contributed by atoms with E-state index < -0.39 is 21.4 Å². The number of nitrogens with zero attached hydrogens (tertiary/aromatic N) is 5. The fourth-order valence-electron chi connectivity index (χ4n) is 4.07. The Hall–Kier alpha value is -3.55. The van der Waals surface area contributed by atoms with Gasteiger partial charge < -0.3 is 19.3 Å². The lowest BCUT2D eigenvalue weighted by atomic mass is 10.1. The first kappa shape index (κ1) is 27.5. The summed E-state index contributed by atoms with van der Waals surface area (Å²) in [6.45, 7) is 7.71. The van der Waals surface area contributed by atoms with Crippen LogP contribution in [0.5, 0.6) is 11.5 Å². The third-order valence-electron chi connectivity index (χ3n) is 5.98. The Morgan fingerprint density at radius 3 is 2.61 bits per heavy atom. The third kappa shape index (κ3) is 5.79. The fraction of sp³-hybridized carbons (Fsp3) is 0.440. The van der Waals surface area contributed by atoms with E-state index in [9.17, 15) is 13.5 Å². The molecule has 4 rings (SSSR count). The molecule has 3 aromatic rings. The molecule has 1 aromatic carbocycles. The zero-order chi connectivity index (χ0) is 27.4. The Labute approximate surface area is 221 Å². The van der Waals surface area contributed by atoms with E-state index >= 15 is 0 Å². The van der Waals surface area contributed by atoms with Crippen LogP contribution in [-0.2, 0) is 19.5 Å². The molecule has 3 heterocycles. The molecule has 38 heavy (non-hydrogen) atoms.